The Balaban J connectivity index is 1.25. The van der Waals surface area contributed by atoms with E-state index in [4.69, 9.17) is 0 Å². The number of amides is 1. The lowest BCUT2D eigenvalue weighted by molar-refractivity contribution is -0.136. The first-order chi connectivity index (χ1) is 16.0. The molecule has 0 radical (unpaired) electrons. The molecule has 2 aliphatic rings. The van der Waals surface area contributed by atoms with Crippen LogP contribution in [0.2, 0.25) is 0 Å². The quantitative estimate of drug-likeness (QED) is 0.645. The fourth-order valence-corrected chi connectivity index (χ4v) is 5.13. The van der Waals surface area contributed by atoms with Gasteiger partial charge in [0.2, 0.25) is 5.91 Å². The van der Waals surface area contributed by atoms with Gasteiger partial charge in [-0.25, -0.2) is 9.37 Å². The Hall–Kier alpha value is -2.51. The van der Waals surface area contributed by atoms with Crippen LogP contribution < -0.4 is 4.90 Å². The van der Waals surface area contributed by atoms with Gasteiger partial charge in [-0.15, -0.1) is 0 Å². The van der Waals surface area contributed by atoms with Gasteiger partial charge in [0.05, 0.1) is 6.04 Å². The molecule has 2 saturated heterocycles. The summed E-state index contributed by atoms with van der Waals surface area (Å²) in [5.74, 6) is 1.49. The summed E-state index contributed by atoms with van der Waals surface area (Å²) in [5.41, 5.74) is 0.819. The monoisotopic (exact) mass is 453 g/mol. The summed E-state index contributed by atoms with van der Waals surface area (Å²) in [6, 6.07) is 12.4. The molecule has 33 heavy (non-hydrogen) atoms. The summed E-state index contributed by atoms with van der Waals surface area (Å²) < 4.78 is 13.5. The molecule has 7 heteroatoms. The molecule has 0 aliphatic carbocycles. The molecule has 2 aliphatic heterocycles. The van der Waals surface area contributed by atoms with Crippen LogP contribution in [0.25, 0.3) is 0 Å². The molecular formula is C26H36FN5O. The van der Waals surface area contributed by atoms with Crippen molar-refractivity contribution >= 4 is 11.7 Å². The summed E-state index contributed by atoms with van der Waals surface area (Å²) in [4.78, 5) is 26.5. The molecule has 1 amide bonds. The molecule has 1 aromatic heterocycles. The number of likely N-dealkylation sites (tertiary alicyclic amines) is 1. The maximum atomic E-state index is 13.5. The molecule has 6 nitrogen and oxygen atoms in total. The molecule has 0 saturated carbocycles. The Labute approximate surface area is 197 Å². The molecular weight excluding hydrogens is 417 g/mol. The van der Waals surface area contributed by atoms with Gasteiger partial charge in [-0.1, -0.05) is 18.2 Å². The minimum absolute atomic E-state index is 0.101. The molecule has 2 atom stereocenters. The number of carbonyl (C=O) groups is 1. The predicted octanol–water partition coefficient (Wildman–Crippen LogP) is 3.10. The molecule has 0 bridgehead atoms. The van der Waals surface area contributed by atoms with Crippen molar-refractivity contribution in [1.29, 1.82) is 0 Å². The van der Waals surface area contributed by atoms with Crippen molar-refractivity contribution < 1.29 is 9.18 Å². The number of hydrogen-bond acceptors (Lipinski definition) is 5. The SMILES string of the molecule is C[C@H](C(=O)N(C)Cc1cccc(F)c1)N1CCC[C@H](CN2CCN(c3ccccn3)CC2)C1. The maximum absolute atomic E-state index is 13.5. The minimum atomic E-state index is -0.263. The number of likely N-dealkylation sites (N-methyl/N-ethyl adjacent to an activating group) is 1. The predicted molar refractivity (Wildman–Crippen MR) is 130 cm³/mol. The van der Waals surface area contributed by atoms with E-state index in [1.54, 1.807) is 11.0 Å². The van der Waals surface area contributed by atoms with Crippen molar-refractivity contribution in [3.8, 4) is 0 Å². The largest absolute Gasteiger partial charge is 0.354 e. The van der Waals surface area contributed by atoms with Crippen molar-refractivity contribution in [1.82, 2.24) is 19.7 Å². The highest BCUT2D eigenvalue weighted by atomic mass is 19.1. The number of piperazine rings is 1. The lowest BCUT2D eigenvalue weighted by Crippen LogP contribution is -2.52. The number of piperidine rings is 1. The van der Waals surface area contributed by atoms with Gasteiger partial charge < -0.3 is 9.80 Å². The first-order valence-corrected chi connectivity index (χ1v) is 12.1. The fourth-order valence-electron chi connectivity index (χ4n) is 5.13. The van der Waals surface area contributed by atoms with Crippen molar-refractivity contribution in [2.45, 2.75) is 32.4 Å². The number of anilines is 1. The van der Waals surface area contributed by atoms with Crippen LogP contribution in [-0.4, -0.2) is 84.5 Å². The number of rotatable bonds is 7. The zero-order valence-corrected chi connectivity index (χ0v) is 19.9. The molecule has 0 unspecified atom stereocenters. The highest BCUT2D eigenvalue weighted by Gasteiger charge is 2.30. The zero-order chi connectivity index (χ0) is 23.2. The van der Waals surface area contributed by atoms with Gasteiger partial charge in [-0.05, 0) is 62.1 Å². The molecule has 0 spiro atoms. The molecule has 2 fully saturated rings. The van der Waals surface area contributed by atoms with Gasteiger partial charge in [0.15, 0.2) is 0 Å². The minimum Gasteiger partial charge on any atom is -0.354 e. The van der Waals surface area contributed by atoms with E-state index in [9.17, 15) is 9.18 Å². The second-order valence-corrected chi connectivity index (χ2v) is 9.48. The Morgan fingerprint density at radius 1 is 1.15 bits per heavy atom. The smallest absolute Gasteiger partial charge is 0.239 e. The van der Waals surface area contributed by atoms with Crippen LogP contribution >= 0.6 is 0 Å². The molecule has 2 aromatic rings. The van der Waals surface area contributed by atoms with Crippen LogP contribution in [0.3, 0.4) is 0 Å². The highest BCUT2D eigenvalue weighted by molar-refractivity contribution is 5.81. The molecule has 3 heterocycles. The number of halogens is 1. The second kappa shape index (κ2) is 11.1. The van der Waals surface area contributed by atoms with E-state index in [0.717, 1.165) is 63.6 Å². The average Bonchev–Trinajstić information content (AvgIpc) is 2.84. The van der Waals surface area contributed by atoms with Crippen LogP contribution in [0.15, 0.2) is 48.7 Å². The highest BCUT2D eigenvalue weighted by Crippen LogP contribution is 2.22. The van der Waals surface area contributed by atoms with Gasteiger partial charge in [-0.2, -0.15) is 0 Å². The van der Waals surface area contributed by atoms with Crippen LogP contribution in [0, 0.1) is 11.7 Å². The number of pyridine rings is 1. The van der Waals surface area contributed by atoms with Crippen LogP contribution in [0.5, 0.6) is 0 Å². The first-order valence-electron chi connectivity index (χ1n) is 12.1. The Morgan fingerprint density at radius 3 is 2.70 bits per heavy atom. The second-order valence-electron chi connectivity index (χ2n) is 9.48. The molecule has 0 N–H and O–H groups in total. The van der Waals surface area contributed by atoms with E-state index >= 15 is 0 Å². The summed E-state index contributed by atoms with van der Waals surface area (Å²) >= 11 is 0. The lowest BCUT2D eigenvalue weighted by atomic mass is 9.95. The van der Waals surface area contributed by atoms with Crippen molar-refractivity contribution in [3.63, 3.8) is 0 Å². The van der Waals surface area contributed by atoms with Crippen molar-refractivity contribution in [2.24, 2.45) is 5.92 Å². The molecule has 1 aromatic carbocycles. The van der Waals surface area contributed by atoms with Crippen LogP contribution in [0.4, 0.5) is 10.2 Å². The zero-order valence-electron chi connectivity index (χ0n) is 19.9. The van der Waals surface area contributed by atoms with Crippen LogP contribution in [0.1, 0.15) is 25.3 Å². The van der Waals surface area contributed by atoms with Crippen molar-refractivity contribution in [2.75, 3.05) is 57.8 Å². The average molecular weight is 454 g/mol. The van der Waals surface area contributed by atoms with Crippen LogP contribution in [-0.2, 0) is 11.3 Å². The number of hydrogen-bond donors (Lipinski definition) is 0. The van der Waals surface area contributed by atoms with E-state index in [1.807, 2.05) is 38.4 Å². The molecule has 4 rings (SSSR count). The van der Waals surface area contributed by atoms with E-state index in [2.05, 4.69) is 25.8 Å². The fraction of sp³-hybridized carbons (Fsp3) is 0.538. The third-order valence-corrected chi connectivity index (χ3v) is 7.00. The van der Waals surface area contributed by atoms with Crippen molar-refractivity contribution in [3.05, 3.63) is 60.0 Å². The van der Waals surface area contributed by atoms with Gasteiger partial charge in [-0.3, -0.25) is 14.6 Å². The number of aromatic nitrogens is 1. The van der Waals surface area contributed by atoms with E-state index < -0.39 is 0 Å². The number of benzene rings is 1. The summed E-state index contributed by atoms with van der Waals surface area (Å²) in [7, 11) is 1.81. The first kappa shape index (κ1) is 23.6. The van der Waals surface area contributed by atoms with Gasteiger partial charge >= 0.3 is 0 Å². The maximum Gasteiger partial charge on any atom is 0.239 e. The summed E-state index contributed by atoms with van der Waals surface area (Å²) in [6.45, 7) is 9.58. The summed E-state index contributed by atoms with van der Waals surface area (Å²) in [5, 5.41) is 0. The Morgan fingerprint density at radius 2 is 1.97 bits per heavy atom. The standard InChI is InChI=1S/C26H36FN5O/c1-21(26(33)29(2)18-22-7-5-9-24(27)17-22)32-12-6-8-23(20-32)19-30-13-15-31(16-14-30)25-10-3-4-11-28-25/h3-5,7,9-11,17,21,23H,6,8,12-16,18-20H2,1-2H3/t21-,23-/m1/s1. The number of nitrogens with zero attached hydrogens (tertiary/aromatic N) is 5. The van der Waals surface area contributed by atoms with Gasteiger partial charge in [0.25, 0.3) is 0 Å². The Bertz CT molecular complexity index is 903. The topological polar surface area (TPSA) is 42.9 Å². The van der Waals surface area contributed by atoms with Gasteiger partial charge in [0, 0.05) is 59.1 Å². The third-order valence-electron chi connectivity index (χ3n) is 7.00. The van der Waals surface area contributed by atoms with Gasteiger partial charge in [0.1, 0.15) is 11.6 Å². The molecule has 178 valence electrons. The van der Waals surface area contributed by atoms with E-state index in [1.165, 1.54) is 18.6 Å². The Kier molecular flexibility index (Phi) is 7.93. The third kappa shape index (κ3) is 6.30. The van der Waals surface area contributed by atoms with E-state index in [-0.39, 0.29) is 17.8 Å². The normalized spacial score (nSPS) is 21.1. The van der Waals surface area contributed by atoms with E-state index in [0.29, 0.717) is 12.5 Å². The lowest BCUT2D eigenvalue weighted by Gasteiger charge is -2.41. The summed E-state index contributed by atoms with van der Waals surface area (Å²) in [6.07, 6.45) is 4.21. The number of carbonyl (C=O) groups excluding carboxylic acids is 1.